The van der Waals surface area contributed by atoms with Crippen LogP contribution < -0.4 is 5.56 Å². The average Bonchev–Trinajstić information content (AvgIpc) is 2.41. The standard InChI is InChI=1S/C14H12FNO2/c1-10(14(18)11-5-3-2-4-6-11)16-9-12(15)7-8-13(16)17/h2-10H,1H3. The third-order valence-electron chi connectivity index (χ3n) is 2.76. The van der Waals surface area contributed by atoms with Crippen LogP contribution in [0.4, 0.5) is 4.39 Å². The van der Waals surface area contributed by atoms with Gasteiger partial charge < -0.3 is 4.57 Å². The highest BCUT2D eigenvalue weighted by molar-refractivity contribution is 5.98. The van der Waals surface area contributed by atoms with Gasteiger partial charge in [0.2, 0.25) is 0 Å². The molecule has 0 spiro atoms. The van der Waals surface area contributed by atoms with E-state index in [0.717, 1.165) is 22.9 Å². The molecule has 0 amide bonds. The molecule has 0 aliphatic heterocycles. The van der Waals surface area contributed by atoms with Gasteiger partial charge in [-0.3, -0.25) is 9.59 Å². The van der Waals surface area contributed by atoms with Crippen LogP contribution in [0.25, 0.3) is 0 Å². The lowest BCUT2D eigenvalue weighted by Gasteiger charge is -2.13. The summed E-state index contributed by atoms with van der Waals surface area (Å²) in [5, 5.41) is 0. The molecular formula is C14H12FNO2. The van der Waals surface area contributed by atoms with Crippen LogP contribution in [0.1, 0.15) is 23.3 Å². The van der Waals surface area contributed by atoms with Crippen LogP contribution >= 0.6 is 0 Å². The molecule has 0 N–H and O–H groups in total. The van der Waals surface area contributed by atoms with E-state index in [4.69, 9.17) is 0 Å². The first-order valence-electron chi connectivity index (χ1n) is 5.56. The third kappa shape index (κ3) is 2.37. The summed E-state index contributed by atoms with van der Waals surface area (Å²) in [6.45, 7) is 1.58. The van der Waals surface area contributed by atoms with Crippen molar-refractivity contribution in [2.75, 3.05) is 0 Å². The molecule has 1 atom stereocenters. The number of carbonyl (C=O) groups excluding carboxylic acids is 1. The van der Waals surface area contributed by atoms with Crippen molar-refractivity contribution >= 4 is 5.78 Å². The van der Waals surface area contributed by atoms with Crippen molar-refractivity contribution in [1.29, 1.82) is 0 Å². The molecule has 4 heteroatoms. The Bertz CT molecular complexity index is 619. The second-order valence-corrected chi connectivity index (χ2v) is 4.00. The van der Waals surface area contributed by atoms with E-state index in [1.807, 2.05) is 0 Å². The van der Waals surface area contributed by atoms with Gasteiger partial charge in [0.25, 0.3) is 5.56 Å². The van der Waals surface area contributed by atoms with E-state index in [-0.39, 0.29) is 5.78 Å². The first-order chi connectivity index (χ1) is 8.59. The van der Waals surface area contributed by atoms with Crippen LogP contribution in [0.5, 0.6) is 0 Å². The minimum Gasteiger partial charge on any atom is -0.302 e. The molecule has 1 heterocycles. The van der Waals surface area contributed by atoms with Crippen LogP contribution in [0.2, 0.25) is 0 Å². The molecule has 0 fully saturated rings. The predicted molar refractivity (Wildman–Crippen MR) is 66.1 cm³/mol. The summed E-state index contributed by atoms with van der Waals surface area (Å²) in [4.78, 5) is 23.7. The van der Waals surface area contributed by atoms with Gasteiger partial charge in [-0.05, 0) is 13.0 Å². The van der Waals surface area contributed by atoms with Gasteiger partial charge in [-0.1, -0.05) is 30.3 Å². The Kier molecular flexibility index (Phi) is 3.37. The number of ketones is 1. The Hall–Kier alpha value is -2.23. The van der Waals surface area contributed by atoms with E-state index in [0.29, 0.717) is 5.56 Å². The summed E-state index contributed by atoms with van der Waals surface area (Å²) in [7, 11) is 0. The fraction of sp³-hybridized carbons (Fsp3) is 0.143. The van der Waals surface area contributed by atoms with Crippen LogP contribution in [-0.4, -0.2) is 10.4 Å². The lowest BCUT2D eigenvalue weighted by atomic mass is 10.1. The summed E-state index contributed by atoms with van der Waals surface area (Å²) in [6.07, 6.45) is 1.05. The highest BCUT2D eigenvalue weighted by atomic mass is 19.1. The number of pyridine rings is 1. The van der Waals surface area contributed by atoms with Crippen molar-refractivity contribution in [3.05, 3.63) is 70.4 Å². The smallest absolute Gasteiger partial charge is 0.251 e. The average molecular weight is 245 g/mol. The summed E-state index contributed by atoms with van der Waals surface area (Å²) in [6, 6.07) is 10.1. The molecule has 0 aliphatic rings. The van der Waals surface area contributed by atoms with Crippen molar-refractivity contribution in [1.82, 2.24) is 4.57 Å². The van der Waals surface area contributed by atoms with Gasteiger partial charge >= 0.3 is 0 Å². The van der Waals surface area contributed by atoms with Crippen molar-refractivity contribution in [2.24, 2.45) is 0 Å². The lowest BCUT2D eigenvalue weighted by molar-refractivity contribution is 0.0932. The van der Waals surface area contributed by atoms with Gasteiger partial charge in [-0.2, -0.15) is 0 Å². The maximum atomic E-state index is 13.1. The van der Waals surface area contributed by atoms with Crippen molar-refractivity contribution < 1.29 is 9.18 Å². The highest BCUT2D eigenvalue weighted by Crippen LogP contribution is 2.12. The van der Waals surface area contributed by atoms with Crippen LogP contribution in [-0.2, 0) is 0 Å². The van der Waals surface area contributed by atoms with E-state index < -0.39 is 17.4 Å². The highest BCUT2D eigenvalue weighted by Gasteiger charge is 2.17. The van der Waals surface area contributed by atoms with Crippen molar-refractivity contribution in [3.63, 3.8) is 0 Å². The van der Waals surface area contributed by atoms with E-state index >= 15 is 0 Å². The zero-order chi connectivity index (χ0) is 13.1. The Morgan fingerprint density at radius 2 is 1.83 bits per heavy atom. The number of carbonyl (C=O) groups is 1. The fourth-order valence-electron chi connectivity index (χ4n) is 1.75. The lowest BCUT2D eigenvalue weighted by Crippen LogP contribution is -2.27. The minimum absolute atomic E-state index is 0.219. The van der Waals surface area contributed by atoms with E-state index in [2.05, 4.69) is 0 Å². The molecule has 0 saturated carbocycles. The Morgan fingerprint density at radius 1 is 1.17 bits per heavy atom. The molecule has 1 aromatic carbocycles. The quantitative estimate of drug-likeness (QED) is 0.779. The van der Waals surface area contributed by atoms with Crippen LogP contribution in [0.3, 0.4) is 0 Å². The molecule has 18 heavy (non-hydrogen) atoms. The monoisotopic (exact) mass is 245 g/mol. The minimum atomic E-state index is -0.726. The number of nitrogens with zero attached hydrogens (tertiary/aromatic N) is 1. The SMILES string of the molecule is CC(C(=O)c1ccccc1)n1cc(F)ccc1=O. The first kappa shape index (κ1) is 12.2. The number of Topliss-reactive ketones (excluding diaryl/α,β-unsaturated/α-hetero) is 1. The number of aromatic nitrogens is 1. The maximum Gasteiger partial charge on any atom is 0.251 e. The third-order valence-corrected chi connectivity index (χ3v) is 2.76. The summed E-state index contributed by atoms with van der Waals surface area (Å²) < 4.78 is 14.2. The maximum absolute atomic E-state index is 13.1. The van der Waals surface area contributed by atoms with Crippen LogP contribution in [0.15, 0.2) is 53.5 Å². The zero-order valence-electron chi connectivity index (χ0n) is 9.84. The van der Waals surface area contributed by atoms with Gasteiger partial charge in [0.05, 0.1) is 6.04 Å². The molecule has 0 bridgehead atoms. The second kappa shape index (κ2) is 4.96. The predicted octanol–water partition coefficient (Wildman–Crippen LogP) is 2.43. The van der Waals surface area contributed by atoms with Gasteiger partial charge in [0.15, 0.2) is 5.78 Å². The molecule has 0 aliphatic carbocycles. The Balaban J connectivity index is 2.37. The van der Waals surface area contributed by atoms with Gasteiger partial charge in [0.1, 0.15) is 5.82 Å². The van der Waals surface area contributed by atoms with E-state index in [1.54, 1.807) is 37.3 Å². The fourth-order valence-corrected chi connectivity index (χ4v) is 1.75. The molecule has 0 radical (unpaired) electrons. The number of halogens is 1. The molecule has 1 unspecified atom stereocenters. The molecule has 2 rings (SSSR count). The Labute approximate surface area is 104 Å². The van der Waals surface area contributed by atoms with Gasteiger partial charge in [-0.25, -0.2) is 4.39 Å². The number of hydrogen-bond donors (Lipinski definition) is 0. The first-order valence-corrected chi connectivity index (χ1v) is 5.56. The normalized spacial score (nSPS) is 12.1. The van der Waals surface area contributed by atoms with Crippen molar-refractivity contribution in [3.8, 4) is 0 Å². The van der Waals surface area contributed by atoms with Crippen LogP contribution in [0, 0.1) is 5.82 Å². The van der Waals surface area contributed by atoms with Gasteiger partial charge in [-0.15, -0.1) is 0 Å². The molecule has 92 valence electrons. The molecule has 2 aromatic rings. The molecule has 0 saturated heterocycles. The summed E-state index contributed by atoms with van der Waals surface area (Å²) in [5.74, 6) is -0.759. The largest absolute Gasteiger partial charge is 0.302 e. The summed E-state index contributed by atoms with van der Waals surface area (Å²) >= 11 is 0. The molecule has 1 aromatic heterocycles. The van der Waals surface area contributed by atoms with Crippen molar-refractivity contribution in [2.45, 2.75) is 13.0 Å². The Morgan fingerprint density at radius 3 is 2.50 bits per heavy atom. The zero-order valence-corrected chi connectivity index (χ0v) is 9.84. The molecular weight excluding hydrogens is 233 g/mol. The number of hydrogen-bond acceptors (Lipinski definition) is 2. The molecule has 3 nitrogen and oxygen atoms in total. The number of benzene rings is 1. The number of rotatable bonds is 3. The second-order valence-electron chi connectivity index (χ2n) is 4.00. The van der Waals surface area contributed by atoms with E-state index in [1.165, 1.54) is 0 Å². The van der Waals surface area contributed by atoms with E-state index in [9.17, 15) is 14.0 Å². The van der Waals surface area contributed by atoms with Gasteiger partial charge in [0, 0.05) is 17.8 Å². The summed E-state index contributed by atoms with van der Waals surface area (Å²) in [5.41, 5.74) is 0.106. The topological polar surface area (TPSA) is 39.1 Å².